The molecular weight excluding hydrogens is 298 g/mol. The standard InChI is InChI=1S/C16H17F4NO/c1-3-11-7-10(2)14(13(17)8-11)15(22)21-6-4-5-12(9-21)16(18,19)20/h3,7-8,12H,1,4-6,9H2,2H3. The zero-order valence-electron chi connectivity index (χ0n) is 12.2. The van der Waals surface area contributed by atoms with E-state index in [-0.39, 0.29) is 24.9 Å². The van der Waals surface area contributed by atoms with Gasteiger partial charge >= 0.3 is 6.18 Å². The number of alkyl halides is 3. The molecule has 0 bridgehead atoms. The lowest BCUT2D eigenvalue weighted by molar-refractivity contribution is -0.184. The van der Waals surface area contributed by atoms with E-state index in [4.69, 9.17) is 0 Å². The second-order valence-corrected chi connectivity index (χ2v) is 5.53. The number of carbonyl (C=O) groups excluding carboxylic acids is 1. The van der Waals surface area contributed by atoms with Gasteiger partial charge in [-0.25, -0.2) is 4.39 Å². The zero-order valence-corrected chi connectivity index (χ0v) is 12.2. The minimum Gasteiger partial charge on any atom is -0.338 e. The van der Waals surface area contributed by atoms with Gasteiger partial charge in [-0.2, -0.15) is 13.2 Å². The van der Waals surface area contributed by atoms with E-state index in [1.54, 1.807) is 13.0 Å². The molecule has 1 aliphatic rings. The third kappa shape index (κ3) is 3.31. The van der Waals surface area contributed by atoms with Gasteiger partial charge in [0.25, 0.3) is 5.91 Å². The van der Waals surface area contributed by atoms with Gasteiger partial charge in [-0.3, -0.25) is 4.79 Å². The van der Waals surface area contributed by atoms with Crippen LogP contribution in [-0.2, 0) is 0 Å². The quantitative estimate of drug-likeness (QED) is 0.749. The third-order valence-electron chi connectivity index (χ3n) is 3.93. The summed E-state index contributed by atoms with van der Waals surface area (Å²) in [6.45, 7) is 4.89. The Morgan fingerprint density at radius 1 is 1.41 bits per heavy atom. The number of halogens is 4. The highest BCUT2D eigenvalue weighted by molar-refractivity contribution is 5.96. The molecule has 2 rings (SSSR count). The summed E-state index contributed by atoms with van der Waals surface area (Å²) in [6, 6.07) is 2.76. The molecule has 0 radical (unpaired) electrons. The first-order valence-electron chi connectivity index (χ1n) is 7.02. The van der Waals surface area contributed by atoms with Crippen LogP contribution in [-0.4, -0.2) is 30.1 Å². The highest BCUT2D eigenvalue weighted by Gasteiger charge is 2.43. The Kier molecular flexibility index (Phi) is 4.58. The van der Waals surface area contributed by atoms with E-state index in [1.807, 2.05) is 0 Å². The number of likely N-dealkylation sites (tertiary alicyclic amines) is 1. The van der Waals surface area contributed by atoms with Crippen molar-refractivity contribution >= 4 is 12.0 Å². The first-order valence-corrected chi connectivity index (χ1v) is 7.02. The normalized spacial score (nSPS) is 19.1. The molecule has 0 spiro atoms. The minimum atomic E-state index is -4.33. The molecule has 22 heavy (non-hydrogen) atoms. The number of hydrogen-bond donors (Lipinski definition) is 0. The average molecular weight is 315 g/mol. The van der Waals surface area contributed by atoms with Crippen molar-refractivity contribution < 1.29 is 22.4 Å². The van der Waals surface area contributed by atoms with Crippen molar-refractivity contribution in [2.45, 2.75) is 25.9 Å². The van der Waals surface area contributed by atoms with Gasteiger partial charge in [-0.15, -0.1) is 0 Å². The van der Waals surface area contributed by atoms with E-state index in [9.17, 15) is 22.4 Å². The second kappa shape index (κ2) is 6.10. The number of rotatable bonds is 2. The summed E-state index contributed by atoms with van der Waals surface area (Å²) in [5.74, 6) is -2.95. The first-order chi connectivity index (χ1) is 10.2. The monoisotopic (exact) mass is 315 g/mol. The number of carbonyl (C=O) groups is 1. The van der Waals surface area contributed by atoms with E-state index >= 15 is 0 Å². The molecule has 2 nitrogen and oxygen atoms in total. The van der Waals surface area contributed by atoms with E-state index in [0.717, 1.165) is 4.90 Å². The van der Waals surface area contributed by atoms with Crippen molar-refractivity contribution in [3.63, 3.8) is 0 Å². The number of nitrogens with zero attached hydrogens (tertiary/aromatic N) is 1. The van der Waals surface area contributed by atoms with Crippen LogP contribution in [0.2, 0.25) is 0 Å². The predicted octanol–water partition coefficient (Wildman–Crippen LogP) is 4.19. The van der Waals surface area contributed by atoms with E-state index < -0.39 is 30.4 Å². The van der Waals surface area contributed by atoms with Gasteiger partial charge in [0, 0.05) is 13.1 Å². The Hall–Kier alpha value is -1.85. The molecule has 1 aromatic rings. The Balaban J connectivity index is 2.27. The van der Waals surface area contributed by atoms with Crippen molar-refractivity contribution in [3.05, 3.63) is 41.2 Å². The van der Waals surface area contributed by atoms with E-state index in [1.165, 1.54) is 12.1 Å². The van der Waals surface area contributed by atoms with Crippen LogP contribution in [0.15, 0.2) is 18.7 Å². The number of hydrogen-bond acceptors (Lipinski definition) is 1. The Bertz CT molecular complexity index is 571. The lowest BCUT2D eigenvalue weighted by Crippen LogP contribution is -2.45. The maximum atomic E-state index is 14.1. The molecule has 120 valence electrons. The smallest absolute Gasteiger partial charge is 0.338 e. The van der Waals surface area contributed by atoms with Gasteiger partial charge in [-0.1, -0.05) is 18.7 Å². The number of amides is 1. The summed E-state index contributed by atoms with van der Waals surface area (Å²) in [4.78, 5) is 13.5. The average Bonchev–Trinajstić information content (AvgIpc) is 2.45. The molecule has 1 atom stereocenters. The van der Waals surface area contributed by atoms with Crippen molar-refractivity contribution in [1.29, 1.82) is 0 Å². The summed E-state index contributed by atoms with van der Waals surface area (Å²) in [7, 11) is 0. The van der Waals surface area contributed by atoms with E-state index in [0.29, 0.717) is 11.1 Å². The number of aryl methyl sites for hydroxylation is 1. The van der Waals surface area contributed by atoms with Crippen LogP contribution in [0.1, 0.15) is 34.3 Å². The van der Waals surface area contributed by atoms with Gasteiger partial charge in [0.2, 0.25) is 0 Å². The van der Waals surface area contributed by atoms with Crippen LogP contribution in [0, 0.1) is 18.7 Å². The molecule has 1 saturated heterocycles. The van der Waals surface area contributed by atoms with Gasteiger partial charge in [0.1, 0.15) is 5.82 Å². The SMILES string of the molecule is C=Cc1cc(C)c(C(=O)N2CCCC(C(F)(F)F)C2)c(F)c1. The van der Waals surface area contributed by atoms with Crippen molar-refractivity contribution in [2.75, 3.05) is 13.1 Å². The highest BCUT2D eigenvalue weighted by atomic mass is 19.4. The van der Waals surface area contributed by atoms with Gasteiger partial charge in [0.15, 0.2) is 0 Å². The summed E-state index contributed by atoms with van der Waals surface area (Å²) in [5.41, 5.74) is 0.765. The Morgan fingerprint density at radius 3 is 2.64 bits per heavy atom. The van der Waals surface area contributed by atoms with Gasteiger partial charge < -0.3 is 4.90 Å². The lowest BCUT2D eigenvalue weighted by atomic mass is 9.96. The summed E-state index contributed by atoms with van der Waals surface area (Å²) < 4.78 is 52.6. The molecule has 6 heteroatoms. The fraction of sp³-hybridized carbons (Fsp3) is 0.438. The topological polar surface area (TPSA) is 20.3 Å². The van der Waals surface area contributed by atoms with Crippen LogP contribution in [0.4, 0.5) is 17.6 Å². The van der Waals surface area contributed by atoms with Crippen LogP contribution in [0.5, 0.6) is 0 Å². The van der Waals surface area contributed by atoms with Crippen molar-refractivity contribution in [2.24, 2.45) is 5.92 Å². The Morgan fingerprint density at radius 2 is 2.09 bits per heavy atom. The zero-order chi connectivity index (χ0) is 16.5. The van der Waals surface area contributed by atoms with Crippen LogP contribution < -0.4 is 0 Å². The number of benzene rings is 1. The molecule has 1 heterocycles. The van der Waals surface area contributed by atoms with E-state index in [2.05, 4.69) is 6.58 Å². The molecular formula is C16H17F4NO. The lowest BCUT2D eigenvalue weighted by Gasteiger charge is -2.34. The van der Waals surface area contributed by atoms with Crippen molar-refractivity contribution in [1.82, 2.24) is 4.90 Å². The molecule has 0 aliphatic carbocycles. The van der Waals surface area contributed by atoms with Gasteiger partial charge in [0.05, 0.1) is 11.5 Å². The fourth-order valence-electron chi connectivity index (χ4n) is 2.75. The molecule has 1 unspecified atom stereocenters. The highest BCUT2D eigenvalue weighted by Crippen LogP contribution is 2.34. The fourth-order valence-corrected chi connectivity index (χ4v) is 2.75. The largest absolute Gasteiger partial charge is 0.393 e. The molecule has 0 saturated carbocycles. The van der Waals surface area contributed by atoms with Crippen molar-refractivity contribution in [3.8, 4) is 0 Å². The molecule has 1 fully saturated rings. The predicted molar refractivity (Wildman–Crippen MR) is 75.9 cm³/mol. The molecule has 0 N–H and O–H groups in total. The second-order valence-electron chi connectivity index (χ2n) is 5.53. The summed E-state index contributed by atoms with van der Waals surface area (Å²) >= 11 is 0. The molecule has 1 aliphatic heterocycles. The molecule has 1 aromatic carbocycles. The Labute approximate surface area is 126 Å². The van der Waals surface area contributed by atoms with Crippen LogP contribution in [0.25, 0.3) is 6.08 Å². The minimum absolute atomic E-state index is 0.00411. The molecule has 0 aromatic heterocycles. The summed E-state index contributed by atoms with van der Waals surface area (Å²) in [6.07, 6.45) is -2.62. The maximum Gasteiger partial charge on any atom is 0.393 e. The van der Waals surface area contributed by atoms with Gasteiger partial charge in [-0.05, 0) is 37.0 Å². The third-order valence-corrected chi connectivity index (χ3v) is 3.93. The van der Waals surface area contributed by atoms with Crippen LogP contribution in [0.3, 0.4) is 0 Å². The number of piperidine rings is 1. The molecule has 1 amide bonds. The maximum absolute atomic E-state index is 14.1. The summed E-state index contributed by atoms with van der Waals surface area (Å²) in [5, 5.41) is 0. The van der Waals surface area contributed by atoms with Crippen LogP contribution >= 0.6 is 0 Å². The first kappa shape index (κ1) is 16.5.